The van der Waals surface area contributed by atoms with Crippen molar-refractivity contribution in [3.05, 3.63) is 58.8 Å². The fourth-order valence-corrected chi connectivity index (χ4v) is 4.99. The number of carbonyl (C=O) groups is 1. The Morgan fingerprint density at radius 3 is 2.81 bits per heavy atom. The van der Waals surface area contributed by atoms with Crippen LogP contribution in [-0.4, -0.2) is 42.6 Å². The Kier molecular flexibility index (Phi) is 5.27. The number of hydrogen-bond acceptors (Lipinski definition) is 5. The number of aromatic nitrogens is 2. The summed E-state index contributed by atoms with van der Waals surface area (Å²) in [4.78, 5) is 20.4. The second-order valence-electron chi connectivity index (χ2n) is 8.14. The molecule has 4 heterocycles. The molecular formula is C23H23ClFN5O2. The summed E-state index contributed by atoms with van der Waals surface area (Å²) in [5.74, 6) is -0.241. The monoisotopic (exact) mass is 455 g/mol. The summed E-state index contributed by atoms with van der Waals surface area (Å²) in [5.41, 5.74) is 2.96. The van der Waals surface area contributed by atoms with Crippen LogP contribution in [-0.2, 0) is 5.41 Å². The molecule has 1 aromatic carbocycles. The zero-order valence-electron chi connectivity index (χ0n) is 17.5. The maximum atomic E-state index is 14.8. The van der Waals surface area contributed by atoms with E-state index in [1.54, 1.807) is 24.3 Å². The van der Waals surface area contributed by atoms with Crippen molar-refractivity contribution in [3.8, 4) is 17.0 Å². The van der Waals surface area contributed by atoms with E-state index in [1.165, 1.54) is 19.5 Å². The number of halogens is 2. The highest BCUT2D eigenvalue weighted by Gasteiger charge is 2.44. The first-order chi connectivity index (χ1) is 15.5. The van der Waals surface area contributed by atoms with Gasteiger partial charge in [0.2, 0.25) is 0 Å². The zero-order chi connectivity index (χ0) is 22.3. The molecule has 2 aliphatic rings. The van der Waals surface area contributed by atoms with Crippen molar-refractivity contribution in [2.45, 2.75) is 18.3 Å². The van der Waals surface area contributed by atoms with Gasteiger partial charge in [0.05, 0.1) is 41.0 Å². The van der Waals surface area contributed by atoms with Crippen molar-refractivity contribution >= 4 is 28.9 Å². The molecule has 0 radical (unpaired) electrons. The fourth-order valence-electron chi connectivity index (χ4n) is 4.74. The predicted octanol–water partition coefficient (Wildman–Crippen LogP) is 3.99. The van der Waals surface area contributed by atoms with Crippen molar-refractivity contribution in [1.29, 1.82) is 0 Å². The quantitative estimate of drug-likeness (QED) is 0.477. The number of aromatic amines is 1. The maximum absolute atomic E-state index is 14.8. The van der Waals surface area contributed by atoms with Crippen LogP contribution in [0.3, 0.4) is 0 Å². The van der Waals surface area contributed by atoms with Crippen molar-refractivity contribution in [2.75, 3.05) is 32.1 Å². The first kappa shape index (κ1) is 20.8. The molecule has 1 saturated heterocycles. The van der Waals surface area contributed by atoms with Gasteiger partial charge in [0, 0.05) is 29.4 Å². The molecule has 32 heavy (non-hydrogen) atoms. The average Bonchev–Trinajstić information content (AvgIpc) is 3.18. The highest BCUT2D eigenvalue weighted by molar-refractivity contribution is 6.32. The van der Waals surface area contributed by atoms with E-state index in [9.17, 15) is 9.18 Å². The first-order valence-corrected chi connectivity index (χ1v) is 10.9. The summed E-state index contributed by atoms with van der Waals surface area (Å²) < 4.78 is 20.3. The van der Waals surface area contributed by atoms with Crippen LogP contribution in [0, 0.1) is 5.82 Å². The molecule has 3 aromatic rings. The number of fused-ring (bicyclic) bond motifs is 2. The number of H-pyrrole nitrogens is 1. The molecule has 9 heteroatoms. The summed E-state index contributed by atoms with van der Waals surface area (Å²) >= 11 is 6.31. The van der Waals surface area contributed by atoms with Gasteiger partial charge in [0.15, 0.2) is 11.6 Å². The van der Waals surface area contributed by atoms with Crippen molar-refractivity contribution in [2.24, 2.45) is 0 Å². The summed E-state index contributed by atoms with van der Waals surface area (Å²) in [7, 11) is 1.53. The van der Waals surface area contributed by atoms with Crippen LogP contribution in [0.5, 0.6) is 5.75 Å². The van der Waals surface area contributed by atoms with Crippen molar-refractivity contribution in [3.63, 3.8) is 0 Å². The number of methoxy groups -OCH3 is 1. The summed E-state index contributed by atoms with van der Waals surface area (Å²) in [6.45, 7) is 2.23. The van der Waals surface area contributed by atoms with Gasteiger partial charge in [-0.3, -0.25) is 9.78 Å². The number of para-hydroxylation sites is 1. The second-order valence-corrected chi connectivity index (χ2v) is 8.55. The van der Waals surface area contributed by atoms with Gasteiger partial charge in [-0.2, -0.15) is 0 Å². The number of piperidine rings is 1. The third-order valence-corrected chi connectivity index (χ3v) is 6.68. The lowest BCUT2D eigenvalue weighted by atomic mass is 9.73. The normalized spacial score (nSPS) is 17.0. The molecule has 166 valence electrons. The lowest BCUT2D eigenvalue weighted by Gasteiger charge is -2.40. The third-order valence-electron chi connectivity index (χ3n) is 6.38. The van der Waals surface area contributed by atoms with Gasteiger partial charge in [-0.1, -0.05) is 17.7 Å². The molecule has 0 aliphatic carbocycles. The predicted molar refractivity (Wildman–Crippen MR) is 121 cm³/mol. The van der Waals surface area contributed by atoms with Crippen molar-refractivity contribution < 1.29 is 13.9 Å². The number of amides is 1. The van der Waals surface area contributed by atoms with Gasteiger partial charge in [0.1, 0.15) is 0 Å². The van der Waals surface area contributed by atoms with E-state index in [-0.39, 0.29) is 11.3 Å². The largest absolute Gasteiger partial charge is 0.493 e. The fraction of sp³-hybridized carbons (Fsp3) is 0.304. The van der Waals surface area contributed by atoms with Crippen LogP contribution in [0.4, 0.5) is 15.8 Å². The molecule has 5 rings (SSSR count). The number of pyridine rings is 1. The number of nitrogens with zero attached hydrogens (tertiary/aromatic N) is 1. The first-order valence-electron chi connectivity index (χ1n) is 10.5. The molecule has 4 N–H and O–H groups in total. The number of nitrogens with one attached hydrogen (secondary N) is 4. The minimum absolute atomic E-state index is 0.204. The van der Waals surface area contributed by atoms with E-state index < -0.39 is 5.82 Å². The SMILES string of the molecule is COc1c(Cl)cccc1Nc1c(-c2ccncc2F)[nH]c2c1C(=O)NCC21CCNCC1. The lowest BCUT2D eigenvalue weighted by molar-refractivity contribution is 0.0914. The number of ether oxygens (including phenoxy) is 1. The minimum Gasteiger partial charge on any atom is -0.493 e. The molecule has 0 atom stereocenters. The molecule has 2 aromatic heterocycles. The Balaban J connectivity index is 1.74. The lowest BCUT2D eigenvalue weighted by Crippen LogP contribution is -2.52. The van der Waals surface area contributed by atoms with Crippen LogP contribution in [0.25, 0.3) is 11.3 Å². The number of anilines is 2. The Morgan fingerprint density at radius 2 is 2.06 bits per heavy atom. The topological polar surface area (TPSA) is 91.1 Å². The Labute approximate surface area is 189 Å². The smallest absolute Gasteiger partial charge is 0.255 e. The molecule has 7 nitrogen and oxygen atoms in total. The number of rotatable bonds is 4. The highest BCUT2D eigenvalue weighted by atomic mass is 35.5. The van der Waals surface area contributed by atoms with Crippen LogP contribution in [0.2, 0.25) is 5.02 Å². The molecule has 1 fully saturated rings. The molecule has 1 amide bonds. The molecule has 2 aliphatic heterocycles. The summed E-state index contributed by atoms with van der Waals surface area (Å²) in [6, 6.07) is 6.91. The average molecular weight is 456 g/mol. The molecular weight excluding hydrogens is 433 g/mol. The van der Waals surface area contributed by atoms with Gasteiger partial charge in [-0.25, -0.2) is 4.39 Å². The van der Waals surface area contributed by atoms with E-state index in [4.69, 9.17) is 16.3 Å². The van der Waals surface area contributed by atoms with E-state index in [0.717, 1.165) is 31.6 Å². The van der Waals surface area contributed by atoms with Gasteiger partial charge in [0.25, 0.3) is 5.91 Å². The van der Waals surface area contributed by atoms with Crippen LogP contribution in [0.15, 0.2) is 36.7 Å². The van der Waals surface area contributed by atoms with Gasteiger partial charge < -0.3 is 25.7 Å². The molecule has 0 unspecified atom stereocenters. The Hall–Kier alpha value is -3.10. The van der Waals surface area contributed by atoms with Gasteiger partial charge in [-0.05, 0) is 44.1 Å². The summed E-state index contributed by atoms with van der Waals surface area (Å²) in [5, 5.41) is 10.2. The zero-order valence-corrected chi connectivity index (χ0v) is 18.3. The Bertz CT molecular complexity index is 1190. The van der Waals surface area contributed by atoms with E-state index >= 15 is 0 Å². The number of hydrogen-bond donors (Lipinski definition) is 4. The van der Waals surface area contributed by atoms with Gasteiger partial charge >= 0.3 is 0 Å². The molecule has 1 spiro atoms. The Morgan fingerprint density at radius 1 is 1.25 bits per heavy atom. The maximum Gasteiger partial charge on any atom is 0.255 e. The van der Waals surface area contributed by atoms with Crippen LogP contribution < -0.4 is 20.7 Å². The number of carbonyl (C=O) groups excluding carboxylic acids is 1. The standard InChI is InChI=1S/C23H23ClFN5O2/c1-32-20-14(24)3-2-4-16(20)29-19-17-21(30-18(19)13-5-8-27-11-15(13)25)23(12-28-22(17)31)6-9-26-10-7-23/h2-5,8,11,26,29-30H,6-7,9-10,12H2,1H3,(H,28,31). The van der Waals surface area contributed by atoms with E-state index in [1.807, 2.05) is 0 Å². The van der Waals surface area contributed by atoms with Crippen LogP contribution in [0.1, 0.15) is 28.9 Å². The van der Waals surface area contributed by atoms with E-state index in [0.29, 0.717) is 45.5 Å². The highest BCUT2D eigenvalue weighted by Crippen LogP contribution is 2.46. The third kappa shape index (κ3) is 3.30. The minimum atomic E-state index is -0.480. The van der Waals surface area contributed by atoms with Crippen molar-refractivity contribution in [1.82, 2.24) is 20.6 Å². The number of benzene rings is 1. The summed E-state index contributed by atoms with van der Waals surface area (Å²) in [6.07, 6.45) is 4.42. The molecule has 0 bridgehead atoms. The molecule has 0 saturated carbocycles. The second kappa shape index (κ2) is 8.11. The van der Waals surface area contributed by atoms with E-state index in [2.05, 4.69) is 25.9 Å². The van der Waals surface area contributed by atoms with Gasteiger partial charge in [-0.15, -0.1) is 0 Å². The van der Waals surface area contributed by atoms with Crippen LogP contribution >= 0.6 is 11.6 Å².